The predicted octanol–water partition coefficient (Wildman–Crippen LogP) is 4.92. The number of ether oxygens (including phenoxy) is 1. The van der Waals surface area contributed by atoms with Gasteiger partial charge in [-0.3, -0.25) is 4.79 Å². The van der Waals surface area contributed by atoms with Crippen molar-refractivity contribution in [2.24, 2.45) is 23.2 Å². The van der Waals surface area contributed by atoms with Crippen molar-refractivity contribution < 1.29 is 30.0 Å². The van der Waals surface area contributed by atoms with Gasteiger partial charge in [-0.15, -0.1) is 0 Å². The van der Waals surface area contributed by atoms with Crippen LogP contribution in [0.2, 0.25) is 0 Å². The van der Waals surface area contributed by atoms with Crippen molar-refractivity contribution in [2.75, 3.05) is 6.54 Å². The summed E-state index contributed by atoms with van der Waals surface area (Å²) in [6, 6.07) is 5.97. The van der Waals surface area contributed by atoms with Gasteiger partial charge in [0, 0.05) is 24.9 Å². The third kappa shape index (κ3) is 7.18. The summed E-state index contributed by atoms with van der Waals surface area (Å²) in [6.45, 7) is 2.55. The molecule has 6 N–H and O–H groups in total. The number of fused-ring (bicyclic) bond motifs is 5. The molecular weight excluding hydrogens is 582 g/mol. The average molecular weight is 638 g/mol. The van der Waals surface area contributed by atoms with Crippen LogP contribution in [-0.2, 0) is 22.4 Å². The number of aromatic hydroxyl groups is 1. The van der Waals surface area contributed by atoms with Crippen LogP contribution in [-0.4, -0.2) is 73.4 Å². The molecule has 0 bridgehead atoms. The Morgan fingerprint density at radius 2 is 1.83 bits per heavy atom. The Hall–Kier alpha value is -2.46. The molecule has 1 aromatic carbocycles. The number of imidazole rings is 1. The lowest BCUT2D eigenvalue weighted by molar-refractivity contribution is -0.122. The molecular formula is C37H55N3O6. The fourth-order valence-corrected chi connectivity index (χ4v) is 9.65. The zero-order valence-corrected chi connectivity index (χ0v) is 27.4. The SMILES string of the molecule is C[C@]12CCC3c4ccc(O)cc4CCC3C1C[C@H](CCCCCCCCC(=O)NC[C@H]1O[C@@H](CCc3cnc[nH]3)[C@H](O)[C@@H]1O)[C@@H]2O. The van der Waals surface area contributed by atoms with E-state index in [2.05, 4.69) is 28.3 Å². The van der Waals surface area contributed by atoms with Gasteiger partial charge in [0.1, 0.15) is 24.1 Å². The lowest BCUT2D eigenvalue weighted by atomic mass is 9.55. The smallest absolute Gasteiger partial charge is 0.220 e. The molecule has 2 heterocycles. The van der Waals surface area contributed by atoms with Crippen LogP contribution in [0.25, 0.3) is 0 Å². The van der Waals surface area contributed by atoms with Crippen LogP contribution in [0.3, 0.4) is 0 Å². The zero-order valence-electron chi connectivity index (χ0n) is 27.4. The van der Waals surface area contributed by atoms with Crippen LogP contribution in [0, 0.1) is 23.2 Å². The number of aromatic nitrogens is 2. The summed E-state index contributed by atoms with van der Waals surface area (Å²) in [7, 11) is 0. The number of aromatic amines is 1. The molecule has 9 nitrogen and oxygen atoms in total. The summed E-state index contributed by atoms with van der Waals surface area (Å²) in [5.41, 5.74) is 3.76. The number of benzene rings is 1. The molecule has 3 fully saturated rings. The Bertz CT molecular complexity index is 1290. The minimum Gasteiger partial charge on any atom is -0.508 e. The molecule has 2 aromatic rings. The number of aliphatic hydroxyl groups excluding tert-OH is 3. The molecule has 4 aliphatic rings. The first-order chi connectivity index (χ1) is 22.2. The number of unbranched alkanes of at least 4 members (excludes halogenated alkanes) is 5. The van der Waals surface area contributed by atoms with Gasteiger partial charge in [0.2, 0.25) is 5.91 Å². The topological polar surface area (TPSA) is 148 Å². The number of hydrogen-bond donors (Lipinski definition) is 6. The molecule has 9 heteroatoms. The molecule has 1 saturated heterocycles. The molecule has 254 valence electrons. The third-order valence-corrected chi connectivity index (χ3v) is 12.3. The van der Waals surface area contributed by atoms with Crippen LogP contribution in [0.15, 0.2) is 30.7 Å². The molecule has 2 saturated carbocycles. The molecule has 6 rings (SSSR count). The summed E-state index contributed by atoms with van der Waals surface area (Å²) >= 11 is 0. The van der Waals surface area contributed by atoms with Gasteiger partial charge in [-0.05, 0) is 110 Å². The van der Waals surface area contributed by atoms with Gasteiger partial charge in [-0.2, -0.15) is 0 Å². The fourth-order valence-electron chi connectivity index (χ4n) is 9.65. The van der Waals surface area contributed by atoms with E-state index in [1.54, 1.807) is 12.5 Å². The van der Waals surface area contributed by atoms with Crippen molar-refractivity contribution >= 4 is 5.91 Å². The number of rotatable bonds is 14. The van der Waals surface area contributed by atoms with Crippen LogP contribution >= 0.6 is 0 Å². The van der Waals surface area contributed by atoms with Gasteiger partial charge in [0.15, 0.2) is 0 Å². The Morgan fingerprint density at radius 1 is 1.04 bits per heavy atom. The molecule has 0 radical (unpaired) electrons. The monoisotopic (exact) mass is 637 g/mol. The van der Waals surface area contributed by atoms with E-state index in [1.165, 1.54) is 24.0 Å². The highest BCUT2D eigenvalue weighted by Gasteiger charge is 2.57. The fraction of sp³-hybridized carbons (Fsp3) is 0.730. The van der Waals surface area contributed by atoms with Crippen molar-refractivity contribution in [1.82, 2.24) is 15.3 Å². The van der Waals surface area contributed by atoms with Crippen LogP contribution in [0.4, 0.5) is 0 Å². The summed E-state index contributed by atoms with van der Waals surface area (Å²) in [5.74, 6) is 2.53. The zero-order chi connectivity index (χ0) is 32.3. The number of aliphatic hydroxyl groups is 3. The molecule has 0 spiro atoms. The summed E-state index contributed by atoms with van der Waals surface area (Å²) in [6.07, 6.45) is 14.9. The van der Waals surface area contributed by atoms with Crippen molar-refractivity contribution in [3.63, 3.8) is 0 Å². The summed E-state index contributed by atoms with van der Waals surface area (Å²) in [5, 5.41) is 45.1. The first kappa shape index (κ1) is 33.4. The van der Waals surface area contributed by atoms with E-state index in [-0.39, 0.29) is 24.0 Å². The van der Waals surface area contributed by atoms with E-state index in [1.807, 2.05) is 12.1 Å². The second-order valence-electron chi connectivity index (χ2n) is 15.1. The highest BCUT2D eigenvalue weighted by atomic mass is 16.5. The number of carbonyl (C=O) groups excluding carboxylic acids is 1. The quantitative estimate of drug-likeness (QED) is 0.161. The van der Waals surface area contributed by atoms with E-state index in [4.69, 9.17) is 4.74 Å². The molecule has 3 unspecified atom stereocenters. The van der Waals surface area contributed by atoms with Crippen LogP contribution < -0.4 is 5.32 Å². The van der Waals surface area contributed by atoms with E-state index in [0.29, 0.717) is 48.7 Å². The van der Waals surface area contributed by atoms with Gasteiger partial charge in [-0.1, -0.05) is 45.1 Å². The lowest BCUT2D eigenvalue weighted by Crippen LogP contribution is -2.44. The normalized spacial score (nSPS) is 35.0. The maximum atomic E-state index is 12.4. The maximum absolute atomic E-state index is 12.4. The Labute approximate surface area is 273 Å². The second-order valence-corrected chi connectivity index (χ2v) is 15.1. The Morgan fingerprint density at radius 3 is 2.63 bits per heavy atom. The van der Waals surface area contributed by atoms with Gasteiger partial charge < -0.3 is 35.5 Å². The maximum Gasteiger partial charge on any atom is 0.220 e. The van der Waals surface area contributed by atoms with Gasteiger partial charge in [-0.25, -0.2) is 4.98 Å². The number of phenols is 1. The first-order valence-corrected chi connectivity index (χ1v) is 18.0. The van der Waals surface area contributed by atoms with Crippen LogP contribution in [0.1, 0.15) is 113 Å². The second kappa shape index (κ2) is 14.8. The van der Waals surface area contributed by atoms with Gasteiger partial charge in [0.05, 0.1) is 18.5 Å². The third-order valence-electron chi connectivity index (χ3n) is 12.3. The van der Waals surface area contributed by atoms with E-state index in [0.717, 1.165) is 69.9 Å². The number of H-pyrrole nitrogens is 1. The summed E-state index contributed by atoms with van der Waals surface area (Å²) in [4.78, 5) is 19.4. The predicted molar refractivity (Wildman–Crippen MR) is 175 cm³/mol. The highest BCUT2D eigenvalue weighted by molar-refractivity contribution is 5.75. The lowest BCUT2D eigenvalue weighted by Gasteiger charge is -2.50. The van der Waals surface area contributed by atoms with Crippen molar-refractivity contribution in [3.8, 4) is 5.75 Å². The van der Waals surface area contributed by atoms with Gasteiger partial charge >= 0.3 is 0 Å². The van der Waals surface area contributed by atoms with Crippen molar-refractivity contribution in [1.29, 1.82) is 0 Å². The molecule has 1 aromatic heterocycles. The summed E-state index contributed by atoms with van der Waals surface area (Å²) < 4.78 is 5.86. The van der Waals surface area contributed by atoms with Crippen LogP contribution in [0.5, 0.6) is 5.75 Å². The Kier molecular flexibility index (Phi) is 10.7. The van der Waals surface area contributed by atoms with E-state index >= 15 is 0 Å². The number of nitrogens with one attached hydrogen (secondary N) is 2. The molecule has 1 amide bonds. The largest absolute Gasteiger partial charge is 0.508 e. The molecule has 46 heavy (non-hydrogen) atoms. The van der Waals surface area contributed by atoms with Crippen molar-refractivity contribution in [2.45, 2.75) is 140 Å². The first-order valence-electron chi connectivity index (χ1n) is 18.0. The highest BCUT2D eigenvalue weighted by Crippen LogP contribution is 2.62. The number of nitrogens with zero attached hydrogens (tertiary/aromatic N) is 1. The van der Waals surface area contributed by atoms with Crippen molar-refractivity contribution in [3.05, 3.63) is 47.5 Å². The van der Waals surface area contributed by atoms with E-state index in [9.17, 15) is 25.2 Å². The Balaban J connectivity index is 0.835. The molecule has 3 aliphatic carbocycles. The molecule has 1 aliphatic heterocycles. The number of aryl methyl sites for hydroxylation is 2. The molecule has 10 atom stereocenters. The number of carbonyl (C=O) groups is 1. The minimum absolute atomic E-state index is 0.0326. The average Bonchev–Trinajstić information content (AvgIpc) is 3.74. The minimum atomic E-state index is -1.01. The van der Waals surface area contributed by atoms with Gasteiger partial charge in [0.25, 0.3) is 0 Å². The number of hydrogen-bond acceptors (Lipinski definition) is 7. The number of phenolic OH excluding ortho intramolecular Hbond substituents is 1. The number of amides is 1. The standard InChI is InChI=1S/C37H55N3O6/c1-37-17-16-28-27-14-12-26(41)18-23(27)10-13-29(28)30(37)19-24(36(37)45)8-6-4-2-3-5-7-9-33(42)39-21-32-35(44)34(43)31(46-32)15-11-25-20-38-22-40-25/h12,14,18,20,22,24,28-32,34-36,41,43-45H,2-11,13,15-17,19,21H2,1H3,(H,38,40)(H,39,42)/t24-,28?,29?,30?,31-,32+,34-,35+,36-,37-/m0/s1. The van der Waals surface area contributed by atoms with E-state index < -0.39 is 24.4 Å².